The van der Waals surface area contributed by atoms with Gasteiger partial charge in [0, 0.05) is 31.8 Å². The van der Waals surface area contributed by atoms with Crippen molar-refractivity contribution in [3.05, 3.63) is 22.7 Å². The Hall–Kier alpha value is -2.84. The minimum Gasteiger partial charge on any atom is -0.466 e. The zero-order chi connectivity index (χ0) is 18.8. The highest BCUT2D eigenvalue weighted by molar-refractivity contribution is 6.26. The lowest BCUT2D eigenvalue weighted by molar-refractivity contribution is -0.142. The largest absolute Gasteiger partial charge is 0.466 e. The molecule has 0 atom stereocenters. The summed E-state index contributed by atoms with van der Waals surface area (Å²) in [5.41, 5.74) is 0.330. The average Bonchev–Trinajstić information content (AvgIpc) is 3.45. The fraction of sp³-hybridized carbons (Fsp3) is 0.556. The number of allylic oxidation sites excluding steroid dienone is 1. The van der Waals surface area contributed by atoms with E-state index in [1.807, 2.05) is 0 Å². The second-order valence-corrected chi connectivity index (χ2v) is 6.01. The average molecular weight is 379 g/mol. The van der Waals surface area contributed by atoms with Crippen LogP contribution in [-0.2, 0) is 23.9 Å². The molecule has 0 spiro atoms. The highest BCUT2D eigenvalue weighted by Crippen LogP contribution is 2.34. The first-order valence-electron chi connectivity index (χ1n) is 8.64. The molecular formula is C18H25N3O6. The second-order valence-electron chi connectivity index (χ2n) is 6.01. The molecule has 0 radical (unpaired) electrons. The smallest absolute Gasteiger partial charge is 0.411 e. The van der Waals surface area contributed by atoms with E-state index in [2.05, 4.69) is 5.32 Å². The lowest BCUT2D eigenvalue weighted by Gasteiger charge is -2.25. The van der Waals surface area contributed by atoms with Crippen LogP contribution in [0.1, 0.15) is 27.7 Å². The number of esters is 1. The van der Waals surface area contributed by atoms with Gasteiger partial charge in [0.2, 0.25) is 11.6 Å². The summed E-state index contributed by atoms with van der Waals surface area (Å²) in [6.45, 7) is 6.10. The Morgan fingerprint density at radius 3 is 2.00 bits per heavy atom. The Bertz CT molecular complexity index is 669. The number of amides is 1. The zero-order valence-corrected chi connectivity index (χ0v) is 14.8. The van der Waals surface area contributed by atoms with Crippen LogP contribution in [0.25, 0.3) is 0 Å². The quantitative estimate of drug-likeness (QED) is 0.389. The van der Waals surface area contributed by atoms with Gasteiger partial charge in [0.15, 0.2) is 0 Å². The normalized spacial score (nSPS) is 18.3. The summed E-state index contributed by atoms with van der Waals surface area (Å²) in [4.78, 5) is 53.2. The van der Waals surface area contributed by atoms with E-state index in [1.54, 1.807) is 23.6 Å². The molecule has 0 aromatic heterocycles. The molecule has 9 nitrogen and oxygen atoms in total. The van der Waals surface area contributed by atoms with Gasteiger partial charge in [0.1, 0.15) is 11.4 Å². The van der Waals surface area contributed by atoms with Gasteiger partial charge in [-0.3, -0.25) is 19.7 Å². The van der Waals surface area contributed by atoms with E-state index in [-0.39, 0.29) is 49.7 Å². The molecular weight excluding hydrogens is 354 g/mol. The van der Waals surface area contributed by atoms with E-state index in [9.17, 15) is 19.2 Å². The van der Waals surface area contributed by atoms with Crippen molar-refractivity contribution >= 4 is 23.6 Å². The highest BCUT2D eigenvalue weighted by Gasteiger charge is 2.44. The molecule has 9 heteroatoms. The number of ether oxygens (including phenoxy) is 2. The molecule has 1 aliphatic carbocycles. The van der Waals surface area contributed by atoms with Crippen LogP contribution in [0.3, 0.4) is 0 Å². The van der Waals surface area contributed by atoms with Crippen molar-refractivity contribution in [3.8, 4) is 0 Å². The third kappa shape index (κ3) is 4.29. The van der Waals surface area contributed by atoms with Crippen molar-refractivity contribution in [2.45, 2.75) is 27.7 Å². The van der Waals surface area contributed by atoms with Gasteiger partial charge in [-0.05, 0) is 13.8 Å². The number of alkyl carbamates (subject to hydrolysis) is 1. The van der Waals surface area contributed by atoms with Gasteiger partial charge in [-0.2, -0.15) is 0 Å². The Labute approximate surface area is 157 Å². The van der Waals surface area contributed by atoms with E-state index in [0.29, 0.717) is 26.2 Å². The Morgan fingerprint density at radius 2 is 1.48 bits per heavy atom. The molecule has 0 bridgehead atoms. The van der Waals surface area contributed by atoms with E-state index < -0.39 is 23.6 Å². The van der Waals surface area contributed by atoms with Crippen LogP contribution >= 0.6 is 0 Å². The molecule has 3 rings (SSSR count). The number of hydrogen-bond acceptors (Lipinski definition) is 8. The van der Waals surface area contributed by atoms with E-state index >= 15 is 0 Å². The Kier molecular flexibility index (Phi) is 6.24. The van der Waals surface area contributed by atoms with E-state index in [0.717, 1.165) is 0 Å². The van der Waals surface area contributed by atoms with Gasteiger partial charge in [-0.1, -0.05) is 7.43 Å². The predicted molar refractivity (Wildman–Crippen MR) is 95.4 cm³/mol. The molecule has 0 aromatic carbocycles. The molecule has 2 heterocycles. The lowest BCUT2D eigenvalue weighted by Crippen LogP contribution is -2.39. The maximum Gasteiger partial charge on any atom is 0.411 e. The minimum absolute atomic E-state index is 0. The van der Waals surface area contributed by atoms with Gasteiger partial charge in [-0.15, -0.1) is 0 Å². The first-order valence-corrected chi connectivity index (χ1v) is 8.64. The summed E-state index contributed by atoms with van der Waals surface area (Å²) in [5.74, 6) is -1.46. The number of rotatable bonds is 7. The van der Waals surface area contributed by atoms with Gasteiger partial charge < -0.3 is 19.3 Å². The lowest BCUT2D eigenvalue weighted by atomic mass is 9.92. The zero-order valence-electron chi connectivity index (χ0n) is 14.8. The first-order chi connectivity index (χ1) is 12.5. The second kappa shape index (κ2) is 8.24. The minimum atomic E-state index is -0.790. The van der Waals surface area contributed by atoms with Crippen LogP contribution in [0, 0.1) is 0 Å². The third-order valence-electron chi connectivity index (χ3n) is 4.11. The summed E-state index contributed by atoms with van der Waals surface area (Å²) in [5, 5.41) is 2.41. The summed E-state index contributed by atoms with van der Waals surface area (Å²) >= 11 is 0. The molecule has 2 saturated heterocycles. The maximum absolute atomic E-state index is 13.0. The van der Waals surface area contributed by atoms with Gasteiger partial charge >= 0.3 is 12.1 Å². The van der Waals surface area contributed by atoms with Crippen molar-refractivity contribution in [1.29, 1.82) is 0 Å². The Morgan fingerprint density at radius 1 is 0.926 bits per heavy atom. The molecule has 0 saturated carbocycles. The number of carbonyl (C=O) groups is 4. The molecule has 1 N–H and O–H groups in total. The number of nitrogens with one attached hydrogen (secondary N) is 1. The monoisotopic (exact) mass is 379 g/mol. The maximum atomic E-state index is 13.0. The molecule has 0 aromatic rings. The topological polar surface area (TPSA) is 105 Å². The fourth-order valence-corrected chi connectivity index (χ4v) is 2.82. The summed E-state index contributed by atoms with van der Waals surface area (Å²) in [6, 6.07) is 0. The number of carbonyl (C=O) groups excluding carboxylic acids is 4. The van der Waals surface area contributed by atoms with Crippen molar-refractivity contribution in [1.82, 2.24) is 15.1 Å². The third-order valence-corrected chi connectivity index (χ3v) is 4.11. The van der Waals surface area contributed by atoms with Crippen molar-refractivity contribution in [2.24, 2.45) is 0 Å². The standard InChI is InChI=1S/C17H21N3O6.CH4/c1-3-25-11(21)9-10-13(19-5-6-19)16(23)12(18-17(24)26-4-2)14(15(10)22)20-7-8-20;/h3-9H2,1-2H3,(H,18,24);1H4. The number of Topliss-reactive ketones (excluding diaryl/α,β-unsaturated/α-hetero) is 2. The van der Waals surface area contributed by atoms with Crippen LogP contribution < -0.4 is 5.32 Å². The van der Waals surface area contributed by atoms with Crippen LogP contribution in [0.2, 0.25) is 0 Å². The number of nitrogens with zero attached hydrogens (tertiary/aromatic N) is 2. The predicted octanol–water partition coefficient (Wildman–Crippen LogP) is 0.571. The summed E-state index contributed by atoms with van der Waals surface area (Å²) < 4.78 is 9.78. The molecule has 2 fully saturated rings. The molecule has 148 valence electrons. The highest BCUT2D eigenvalue weighted by atomic mass is 16.5. The van der Waals surface area contributed by atoms with Crippen molar-refractivity contribution in [2.75, 3.05) is 39.4 Å². The number of hydrogen-bond donors (Lipinski definition) is 1. The molecule has 3 aliphatic rings. The van der Waals surface area contributed by atoms with Gasteiger partial charge in [0.05, 0.1) is 25.3 Å². The fourth-order valence-electron chi connectivity index (χ4n) is 2.82. The van der Waals surface area contributed by atoms with Crippen LogP contribution in [0.4, 0.5) is 4.79 Å². The molecule has 1 amide bonds. The molecule has 2 aliphatic heterocycles. The number of ketones is 2. The van der Waals surface area contributed by atoms with Crippen molar-refractivity contribution < 1.29 is 28.7 Å². The van der Waals surface area contributed by atoms with Crippen LogP contribution in [-0.4, -0.2) is 72.8 Å². The first kappa shape index (κ1) is 20.5. The van der Waals surface area contributed by atoms with Crippen LogP contribution in [0.5, 0.6) is 0 Å². The van der Waals surface area contributed by atoms with E-state index in [4.69, 9.17) is 9.47 Å². The SMILES string of the molecule is C.CCOC(=O)CC1=C(N2CC2)C(=O)C(NC(=O)OCC)=C(N2CC2)C1=O. The van der Waals surface area contributed by atoms with Crippen molar-refractivity contribution in [3.63, 3.8) is 0 Å². The van der Waals surface area contributed by atoms with Crippen LogP contribution in [0.15, 0.2) is 22.7 Å². The van der Waals surface area contributed by atoms with E-state index in [1.165, 1.54) is 0 Å². The molecule has 27 heavy (non-hydrogen) atoms. The summed E-state index contributed by atoms with van der Waals surface area (Å²) in [6.07, 6.45) is -1.06. The summed E-state index contributed by atoms with van der Waals surface area (Å²) in [7, 11) is 0. The van der Waals surface area contributed by atoms with Gasteiger partial charge in [0.25, 0.3) is 0 Å². The van der Waals surface area contributed by atoms with Gasteiger partial charge in [-0.25, -0.2) is 4.79 Å². The Balaban J connectivity index is 0.00000261. The molecule has 0 unspecified atom stereocenters.